The van der Waals surface area contributed by atoms with E-state index in [4.69, 9.17) is 5.73 Å². The molecule has 0 aliphatic heterocycles. The van der Waals surface area contributed by atoms with Gasteiger partial charge in [-0.05, 0) is 31.5 Å². The molecule has 0 aromatic heterocycles. The van der Waals surface area contributed by atoms with Crippen LogP contribution < -0.4 is 11.1 Å². The van der Waals surface area contributed by atoms with Crippen molar-refractivity contribution in [1.82, 2.24) is 5.32 Å². The first-order chi connectivity index (χ1) is 9.26. The Bertz CT molecular complexity index is 587. The molecule has 7 heteroatoms. The van der Waals surface area contributed by atoms with Gasteiger partial charge in [0.25, 0.3) is 0 Å². The van der Waals surface area contributed by atoms with Gasteiger partial charge in [-0.1, -0.05) is 13.3 Å². The van der Waals surface area contributed by atoms with Gasteiger partial charge < -0.3 is 11.1 Å². The molecule has 5 nitrogen and oxygen atoms in total. The van der Waals surface area contributed by atoms with Crippen molar-refractivity contribution in [1.29, 1.82) is 0 Å². The van der Waals surface area contributed by atoms with Crippen LogP contribution in [0.5, 0.6) is 0 Å². The first-order valence-electron chi connectivity index (χ1n) is 6.33. The summed E-state index contributed by atoms with van der Waals surface area (Å²) >= 11 is 0. The Morgan fingerprint density at radius 3 is 2.70 bits per heavy atom. The highest BCUT2D eigenvalue weighted by molar-refractivity contribution is 7.92. The summed E-state index contributed by atoms with van der Waals surface area (Å²) in [6, 6.07) is 2.96. The molecule has 1 amide bonds. The zero-order chi connectivity index (χ0) is 15.3. The lowest BCUT2D eigenvalue weighted by Gasteiger charge is -2.13. The second-order valence-corrected chi connectivity index (χ2v) is 6.66. The van der Waals surface area contributed by atoms with E-state index < -0.39 is 27.3 Å². The van der Waals surface area contributed by atoms with Gasteiger partial charge in [0, 0.05) is 6.04 Å². The summed E-state index contributed by atoms with van der Waals surface area (Å²) < 4.78 is 37.2. The van der Waals surface area contributed by atoms with Crippen molar-refractivity contribution in [3.05, 3.63) is 24.0 Å². The van der Waals surface area contributed by atoms with Crippen LogP contribution in [0.1, 0.15) is 26.7 Å². The van der Waals surface area contributed by atoms with E-state index in [9.17, 15) is 17.6 Å². The van der Waals surface area contributed by atoms with E-state index in [1.54, 1.807) is 6.92 Å². The van der Waals surface area contributed by atoms with Crippen molar-refractivity contribution < 1.29 is 17.6 Å². The second kappa shape index (κ2) is 6.69. The molecule has 112 valence electrons. The largest absolute Gasteiger partial charge is 0.398 e. The number of hydrogen-bond donors (Lipinski definition) is 2. The van der Waals surface area contributed by atoms with Crippen molar-refractivity contribution in [3.8, 4) is 0 Å². The van der Waals surface area contributed by atoms with Crippen LogP contribution in [0.4, 0.5) is 10.1 Å². The highest BCUT2D eigenvalue weighted by Gasteiger charge is 2.23. The highest BCUT2D eigenvalue weighted by atomic mass is 32.2. The van der Waals surface area contributed by atoms with Gasteiger partial charge in [-0.3, -0.25) is 4.79 Å². The Kier molecular flexibility index (Phi) is 5.50. The van der Waals surface area contributed by atoms with Gasteiger partial charge in [-0.15, -0.1) is 0 Å². The molecule has 0 saturated heterocycles. The zero-order valence-electron chi connectivity index (χ0n) is 11.5. The Morgan fingerprint density at radius 1 is 1.45 bits per heavy atom. The molecule has 0 bridgehead atoms. The third-order valence-electron chi connectivity index (χ3n) is 2.76. The number of nitrogen functional groups attached to an aromatic ring is 1. The number of nitrogens with one attached hydrogen (secondary N) is 1. The number of halogens is 1. The molecule has 0 aliphatic rings. The van der Waals surface area contributed by atoms with Gasteiger partial charge in [-0.25, -0.2) is 12.8 Å². The zero-order valence-corrected chi connectivity index (χ0v) is 12.3. The van der Waals surface area contributed by atoms with Crippen LogP contribution in [-0.2, 0) is 14.6 Å². The summed E-state index contributed by atoms with van der Waals surface area (Å²) in [6.45, 7) is 3.76. The number of benzene rings is 1. The molecule has 1 unspecified atom stereocenters. The van der Waals surface area contributed by atoms with E-state index in [0.717, 1.165) is 25.0 Å². The van der Waals surface area contributed by atoms with Gasteiger partial charge in [0.05, 0.1) is 10.6 Å². The van der Waals surface area contributed by atoms with Gasteiger partial charge in [0.1, 0.15) is 11.6 Å². The molecular weight excluding hydrogens is 283 g/mol. The number of sulfone groups is 1. The molecule has 0 heterocycles. The molecule has 0 saturated carbocycles. The third kappa shape index (κ3) is 4.48. The summed E-state index contributed by atoms with van der Waals surface area (Å²) in [5, 5.41) is 2.59. The first kappa shape index (κ1) is 16.4. The van der Waals surface area contributed by atoms with E-state index in [1.165, 1.54) is 6.07 Å². The smallest absolute Gasteiger partial charge is 0.235 e. The summed E-state index contributed by atoms with van der Waals surface area (Å²) in [6.07, 6.45) is 1.64. The lowest BCUT2D eigenvalue weighted by molar-refractivity contribution is -0.119. The Hall–Kier alpha value is -1.63. The highest BCUT2D eigenvalue weighted by Crippen LogP contribution is 2.20. The predicted molar refractivity (Wildman–Crippen MR) is 75.4 cm³/mol. The number of amides is 1. The summed E-state index contributed by atoms with van der Waals surface area (Å²) in [4.78, 5) is 11.3. The average Bonchev–Trinajstić information content (AvgIpc) is 2.31. The van der Waals surface area contributed by atoms with E-state index >= 15 is 0 Å². The van der Waals surface area contributed by atoms with E-state index in [0.29, 0.717) is 0 Å². The number of nitrogens with two attached hydrogens (primary N) is 1. The number of carbonyl (C=O) groups excluding carboxylic acids is 1. The van der Waals surface area contributed by atoms with E-state index in [-0.39, 0.29) is 16.6 Å². The predicted octanol–water partition coefficient (Wildman–Crippen LogP) is 1.49. The minimum atomic E-state index is -3.95. The lowest BCUT2D eigenvalue weighted by Crippen LogP contribution is -2.36. The molecule has 3 N–H and O–H groups in total. The summed E-state index contributed by atoms with van der Waals surface area (Å²) in [7, 11) is -3.95. The normalized spacial score (nSPS) is 12.9. The molecule has 20 heavy (non-hydrogen) atoms. The topological polar surface area (TPSA) is 89.3 Å². The Balaban J connectivity index is 2.85. The number of carbonyl (C=O) groups is 1. The Labute approximate surface area is 118 Å². The van der Waals surface area contributed by atoms with Crippen LogP contribution in [0.3, 0.4) is 0 Å². The van der Waals surface area contributed by atoms with E-state index in [2.05, 4.69) is 5.32 Å². The number of rotatable bonds is 6. The fourth-order valence-corrected chi connectivity index (χ4v) is 3.15. The monoisotopic (exact) mass is 302 g/mol. The lowest BCUT2D eigenvalue weighted by atomic mass is 10.2. The van der Waals surface area contributed by atoms with Gasteiger partial charge in [-0.2, -0.15) is 0 Å². The second-order valence-electron chi connectivity index (χ2n) is 4.70. The SMILES string of the molecule is CCCC(C)NC(=O)CS(=O)(=O)c1cc(F)ccc1N. The fraction of sp³-hybridized carbons (Fsp3) is 0.462. The minimum absolute atomic E-state index is 0.0687. The number of anilines is 1. The van der Waals surface area contributed by atoms with Crippen molar-refractivity contribution in [2.24, 2.45) is 0 Å². The van der Waals surface area contributed by atoms with Crippen LogP contribution in [-0.4, -0.2) is 26.1 Å². The van der Waals surface area contributed by atoms with Crippen LogP contribution in [0.2, 0.25) is 0 Å². The maximum atomic E-state index is 13.1. The fourth-order valence-electron chi connectivity index (χ4n) is 1.85. The maximum absolute atomic E-state index is 13.1. The van der Waals surface area contributed by atoms with Crippen LogP contribution >= 0.6 is 0 Å². The first-order valence-corrected chi connectivity index (χ1v) is 7.98. The van der Waals surface area contributed by atoms with Gasteiger partial charge >= 0.3 is 0 Å². The molecule has 1 aromatic rings. The van der Waals surface area contributed by atoms with Gasteiger partial charge in [0.15, 0.2) is 9.84 Å². The average molecular weight is 302 g/mol. The maximum Gasteiger partial charge on any atom is 0.235 e. The van der Waals surface area contributed by atoms with Crippen molar-refractivity contribution in [3.63, 3.8) is 0 Å². The molecule has 1 aromatic carbocycles. The van der Waals surface area contributed by atoms with Crippen LogP contribution in [0, 0.1) is 5.82 Å². The molecule has 1 rings (SSSR count). The Morgan fingerprint density at radius 2 is 2.10 bits per heavy atom. The van der Waals surface area contributed by atoms with Gasteiger partial charge in [0.2, 0.25) is 5.91 Å². The van der Waals surface area contributed by atoms with Crippen molar-refractivity contribution in [2.45, 2.75) is 37.6 Å². The van der Waals surface area contributed by atoms with Crippen LogP contribution in [0.15, 0.2) is 23.1 Å². The molecule has 0 fully saturated rings. The quantitative estimate of drug-likeness (QED) is 0.779. The molecule has 0 radical (unpaired) electrons. The summed E-state index contributed by atoms with van der Waals surface area (Å²) in [5.74, 6) is -2.07. The van der Waals surface area contributed by atoms with Crippen molar-refractivity contribution >= 4 is 21.4 Å². The molecule has 0 spiro atoms. The molecular formula is C13H19FN2O3S. The number of hydrogen-bond acceptors (Lipinski definition) is 4. The molecule has 0 aliphatic carbocycles. The van der Waals surface area contributed by atoms with Crippen LogP contribution in [0.25, 0.3) is 0 Å². The minimum Gasteiger partial charge on any atom is -0.398 e. The van der Waals surface area contributed by atoms with Crippen molar-refractivity contribution in [2.75, 3.05) is 11.5 Å². The summed E-state index contributed by atoms with van der Waals surface area (Å²) in [5.41, 5.74) is 5.45. The molecule has 1 atom stereocenters. The van der Waals surface area contributed by atoms with E-state index in [1.807, 2.05) is 6.92 Å². The third-order valence-corrected chi connectivity index (χ3v) is 4.43. The standard InChI is InChI=1S/C13H19FN2O3S/c1-3-4-9(2)16-13(17)8-20(18,19)12-7-10(14)5-6-11(12)15/h5-7,9H,3-4,8,15H2,1-2H3,(H,16,17).